The van der Waals surface area contributed by atoms with Crippen molar-refractivity contribution in [2.75, 3.05) is 7.05 Å². The Morgan fingerprint density at radius 3 is 2.38 bits per heavy atom. The molecule has 2 rings (SSSR count). The van der Waals surface area contributed by atoms with E-state index >= 15 is 0 Å². The van der Waals surface area contributed by atoms with Gasteiger partial charge < -0.3 is 9.73 Å². The van der Waals surface area contributed by atoms with Crippen LogP contribution in [0.25, 0.3) is 0 Å². The number of hydrogen-bond donors (Lipinski definition) is 1. The Bertz CT molecular complexity index is 448. The van der Waals surface area contributed by atoms with Crippen LogP contribution in [-0.4, -0.2) is 7.05 Å². The Hall–Kier alpha value is -0.960. The van der Waals surface area contributed by atoms with Crippen molar-refractivity contribution < 1.29 is 4.42 Å². The minimum atomic E-state index is -0.0359. The van der Waals surface area contributed by atoms with Crippen molar-refractivity contribution in [2.45, 2.75) is 6.04 Å². The van der Waals surface area contributed by atoms with Gasteiger partial charge in [0.05, 0.1) is 12.3 Å². The molecule has 1 heterocycles. The lowest BCUT2D eigenvalue weighted by Gasteiger charge is -2.14. The average Bonchev–Trinajstić information content (AvgIpc) is 2.70. The molecule has 0 aliphatic heterocycles. The molecule has 0 saturated carbocycles. The van der Waals surface area contributed by atoms with E-state index in [0.29, 0.717) is 10.0 Å². The van der Waals surface area contributed by atoms with Gasteiger partial charge in [-0.05, 0) is 42.9 Å². The van der Waals surface area contributed by atoms with Crippen molar-refractivity contribution >= 4 is 23.2 Å². The fraction of sp³-hybridized carbons (Fsp3) is 0.167. The highest BCUT2D eigenvalue weighted by Gasteiger charge is 2.15. The quantitative estimate of drug-likeness (QED) is 0.901. The molecule has 0 spiro atoms. The molecule has 16 heavy (non-hydrogen) atoms. The summed E-state index contributed by atoms with van der Waals surface area (Å²) >= 11 is 11.9. The summed E-state index contributed by atoms with van der Waals surface area (Å²) < 4.78 is 5.37. The first-order valence-corrected chi connectivity index (χ1v) is 5.63. The second kappa shape index (κ2) is 4.91. The average molecular weight is 256 g/mol. The summed E-state index contributed by atoms with van der Waals surface area (Å²) in [6.07, 6.45) is 1.64. The molecule has 0 amide bonds. The molecule has 1 aromatic heterocycles. The van der Waals surface area contributed by atoms with E-state index in [1.807, 2.05) is 31.3 Å². The van der Waals surface area contributed by atoms with E-state index in [9.17, 15) is 0 Å². The van der Waals surface area contributed by atoms with E-state index in [4.69, 9.17) is 27.6 Å². The summed E-state index contributed by atoms with van der Waals surface area (Å²) in [5.41, 5.74) is 0.981. The van der Waals surface area contributed by atoms with Gasteiger partial charge in [0, 0.05) is 10.0 Å². The predicted molar refractivity (Wildman–Crippen MR) is 66.1 cm³/mol. The molecule has 4 heteroatoms. The first-order valence-electron chi connectivity index (χ1n) is 4.87. The van der Waals surface area contributed by atoms with Crippen LogP contribution in [0, 0.1) is 0 Å². The summed E-state index contributed by atoms with van der Waals surface area (Å²) in [6.45, 7) is 0. The second-order valence-electron chi connectivity index (χ2n) is 3.44. The molecule has 84 valence electrons. The molecule has 0 bridgehead atoms. The van der Waals surface area contributed by atoms with Gasteiger partial charge in [0.1, 0.15) is 5.76 Å². The Balaban J connectivity index is 2.41. The Morgan fingerprint density at radius 1 is 1.19 bits per heavy atom. The molecular formula is C12H11Cl2NO. The zero-order valence-corrected chi connectivity index (χ0v) is 10.2. The third-order valence-electron chi connectivity index (χ3n) is 2.33. The number of benzene rings is 1. The van der Waals surface area contributed by atoms with Crippen LogP contribution in [0.2, 0.25) is 10.0 Å². The normalized spacial score (nSPS) is 12.7. The number of halogens is 2. The minimum absolute atomic E-state index is 0.0359. The van der Waals surface area contributed by atoms with E-state index < -0.39 is 0 Å². The number of nitrogens with one attached hydrogen (secondary N) is 1. The fourth-order valence-corrected chi connectivity index (χ4v) is 2.21. The van der Waals surface area contributed by atoms with Crippen molar-refractivity contribution in [1.82, 2.24) is 5.32 Å². The maximum absolute atomic E-state index is 5.97. The van der Waals surface area contributed by atoms with Gasteiger partial charge >= 0.3 is 0 Å². The van der Waals surface area contributed by atoms with Crippen LogP contribution in [0.3, 0.4) is 0 Å². The molecule has 1 aromatic carbocycles. The van der Waals surface area contributed by atoms with Gasteiger partial charge in [-0.1, -0.05) is 23.2 Å². The van der Waals surface area contributed by atoms with Crippen LogP contribution in [0.1, 0.15) is 17.4 Å². The lowest BCUT2D eigenvalue weighted by atomic mass is 10.1. The maximum atomic E-state index is 5.97. The van der Waals surface area contributed by atoms with Crippen molar-refractivity contribution in [3.05, 3.63) is 58.0 Å². The third kappa shape index (κ3) is 2.40. The van der Waals surface area contributed by atoms with Crippen LogP contribution in [0.4, 0.5) is 0 Å². The molecule has 2 nitrogen and oxygen atoms in total. The standard InChI is InChI=1S/C12H11Cl2NO/c1-15-12(11-3-2-4-16-11)8-5-9(13)7-10(14)6-8/h2-7,12,15H,1H3. The molecule has 2 aromatic rings. The highest BCUT2D eigenvalue weighted by Crippen LogP contribution is 2.27. The highest BCUT2D eigenvalue weighted by molar-refractivity contribution is 6.34. The maximum Gasteiger partial charge on any atom is 0.125 e. The Kier molecular flexibility index (Phi) is 3.54. The van der Waals surface area contributed by atoms with Crippen molar-refractivity contribution in [1.29, 1.82) is 0 Å². The van der Waals surface area contributed by atoms with Crippen LogP contribution >= 0.6 is 23.2 Å². The van der Waals surface area contributed by atoms with Crippen LogP contribution in [-0.2, 0) is 0 Å². The number of rotatable bonds is 3. The lowest BCUT2D eigenvalue weighted by Crippen LogP contribution is -2.16. The molecule has 1 N–H and O–H groups in total. The van der Waals surface area contributed by atoms with E-state index in [1.165, 1.54) is 0 Å². The van der Waals surface area contributed by atoms with Crippen LogP contribution in [0.15, 0.2) is 41.0 Å². The van der Waals surface area contributed by atoms with Crippen LogP contribution in [0.5, 0.6) is 0 Å². The van der Waals surface area contributed by atoms with E-state index in [2.05, 4.69) is 5.32 Å². The molecular weight excluding hydrogens is 245 g/mol. The SMILES string of the molecule is CNC(c1cc(Cl)cc(Cl)c1)c1ccco1. The summed E-state index contributed by atoms with van der Waals surface area (Å²) in [6, 6.07) is 9.18. The monoisotopic (exact) mass is 255 g/mol. The van der Waals surface area contributed by atoms with E-state index in [0.717, 1.165) is 11.3 Å². The zero-order valence-electron chi connectivity index (χ0n) is 8.71. The van der Waals surface area contributed by atoms with Gasteiger partial charge in [-0.25, -0.2) is 0 Å². The van der Waals surface area contributed by atoms with Crippen molar-refractivity contribution in [3.63, 3.8) is 0 Å². The molecule has 0 radical (unpaired) electrons. The first-order chi connectivity index (χ1) is 7.70. The summed E-state index contributed by atoms with van der Waals surface area (Å²) in [7, 11) is 1.86. The molecule has 0 saturated heterocycles. The minimum Gasteiger partial charge on any atom is -0.467 e. The Morgan fingerprint density at radius 2 is 1.88 bits per heavy atom. The van der Waals surface area contributed by atoms with Crippen LogP contribution < -0.4 is 5.32 Å². The first kappa shape index (κ1) is 11.5. The van der Waals surface area contributed by atoms with Crippen molar-refractivity contribution in [2.24, 2.45) is 0 Å². The van der Waals surface area contributed by atoms with Gasteiger partial charge in [0.25, 0.3) is 0 Å². The van der Waals surface area contributed by atoms with Gasteiger partial charge in [-0.15, -0.1) is 0 Å². The van der Waals surface area contributed by atoms with Gasteiger partial charge in [-0.3, -0.25) is 0 Å². The van der Waals surface area contributed by atoms with Gasteiger partial charge in [0.15, 0.2) is 0 Å². The highest BCUT2D eigenvalue weighted by atomic mass is 35.5. The molecule has 0 aliphatic rings. The Labute approximate surface area is 104 Å². The second-order valence-corrected chi connectivity index (χ2v) is 4.31. The summed E-state index contributed by atoms with van der Waals surface area (Å²) in [4.78, 5) is 0. The van der Waals surface area contributed by atoms with Crippen molar-refractivity contribution in [3.8, 4) is 0 Å². The molecule has 0 aliphatic carbocycles. The summed E-state index contributed by atoms with van der Waals surface area (Å²) in [5, 5.41) is 4.40. The largest absolute Gasteiger partial charge is 0.467 e. The number of furan rings is 1. The fourth-order valence-electron chi connectivity index (χ4n) is 1.67. The molecule has 1 atom stereocenters. The topological polar surface area (TPSA) is 25.2 Å². The number of hydrogen-bond acceptors (Lipinski definition) is 2. The summed E-state index contributed by atoms with van der Waals surface area (Å²) in [5.74, 6) is 0.834. The predicted octanol–water partition coefficient (Wildman–Crippen LogP) is 3.90. The lowest BCUT2D eigenvalue weighted by molar-refractivity contribution is 0.463. The smallest absolute Gasteiger partial charge is 0.125 e. The molecule has 0 fully saturated rings. The van der Waals surface area contributed by atoms with E-state index in [-0.39, 0.29) is 6.04 Å². The van der Waals surface area contributed by atoms with E-state index in [1.54, 1.807) is 12.3 Å². The zero-order chi connectivity index (χ0) is 11.5. The molecule has 1 unspecified atom stereocenters. The van der Waals surface area contributed by atoms with Gasteiger partial charge in [-0.2, -0.15) is 0 Å². The van der Waals surface area contributed by atoms with Gasteiger partial charge in [0.2, 0.25) is 0 Å². The third-order valence-corrected chi connectivity index (χ3v) is 2.77.